The third-order valence-corrected chi connectivity index (χ3v) is 7.50. The molecular weight excluding hydrogens is 400 g/mol. The molecule has 1 unspecified atom stereocenters. The molecule has 3 fully saturated rings. The molecule has 1 aliphatic carbocycles. The number of para-hydroxylation sites is 1. The predicted molar refractivity (Wildman–Crippen MR) is 126 cm³/mol. The molecule has 4 aliphatic rings. The number of nitrogens with zero attached hydrogens (tertiary/aromatic N) is 1. The summed E-state index contributed by atoms with van der Waals surface area (Å²) in [5.74, 6) is 1.42. The van der Waals surface area contributed by atoms with Crippen LogP contribution in [0.3, 0.4) is 0 Å². The van der Waals surface area contributed by atoms with Gasteiger partial charge in [0.15, 0.2) is 0 Å². The zero-order valence-electron chi connectivity index (χ0n) is 19.4. The van der Waals surface area contributed by atoms with Crippen LogP contribution in [0.25, 0.3) is 11.1 Å². The average molecular weight is 435 g/mol. The number of alkyl carbamates (subject to hydrolysis) is 1. The van der Waals surface area contributed by atoms with Crippen molar-refractivity contribution in [3.8, 4) is 16.9 Å². The van der Waals surface area contributed by atoms with E-state index in [4.69, 9.17) is 9.47 Å². The Kier molecular flexibility index (Phi) is 5.62. The van der Waals surface area contributed by atoms with Crippen LogP contribution in [0, 0.1) is 11.3 Å². The molecule has 32 heavy (non-hydrogen) atoms. The fourth-order valence-corrected chi connectivity index (χ4v) is 5.82. The number of piperidine rings is 3. The Morgan fingerprint density at radius 3 is 2.66 bits per heavy atom. The summed E-state index contributed by atoms with van der Waals surface area (Å²) in [4.78, 5) is 15.3. The summed E-state index contributed by atoms with van der Waals surface area (Å²) < 4.78 is 11.8. The van der Waals surface area contributed by atoms with Crippen molar-refractivity contribution in [2.45, 2.75) is 52.2 Å². The normalized spacial score (nSPS) is 27.6. The van der Waals surface area contributed by atoms with Gasteiger partial charge in [-0.3, -0.25) is 4.90 Å². The van der Waals surface area contributed by atoms with Crippen LogP contribution in [0.5, 0.6) is 5.75 Å². The summed E-state index contributed by atoms with van der Waals surface area (Å²) >= 11 is 0. The zero-order chi connectivity index (χ0) is 22.3. The summed E-state index contributed by atoms with van der Waals surface area (Å²) in [6.45, 7) is 10.3. The number of rotatable bonds is 5. The lowest BCUT2D eigenvalue weighted by Gasteiger charge is -2.44. The molecule has 5 nitrogen and oxygen atoms in total. The van der Waals surface area contributed by atoms with Crippen molar-refractivity contribution >= 4 is 6.09 Å². The largest absolute Gasteiger partial charge is 0.493 e. The van der Waals surface area contributed by atoms with Gasteiger partial charge in [-0.1, -0.05) is 50.2 Å². The maximum absolute atomic E-state index is 12.9. The van der Waals surface area contributed by atoms with Crippen molar-refractivity contribution in [1.29, 1.82) is 0 Å². The minimum Gasteiger partial charge on any atom is -0.493 e. The molecule has 0 radical (unpaired) electrons. The Hall–Kier alpha value is -2.53. The maximum atomic E-state index is 12.9. The van der Waals surface area contributed by atoms with Gasteiger partial charge >= 0.3 is 6.09 Å². The number of fused-ring (bicyclic) bond motifs is 4. The Bertz CT molecular complexity index is 994. The molecule has 0 saturated carbocycles. The highest BCUT2D eigenvalue weighted by molar-refractivity contribution is 5.73. The highest BCUT2D eigenvalue weighted by Gasteiger charge is 2.42. The van der Waals surface area contributed by atoms with Crippen LogP contribution in [0.1, 0.15) is 50.8 Å². The van der Waals surface area contributed by atoms with E-state index in [1.165, 1.54) is 11.1 Å². The van der Waals surface area contributed by atoms with Gasteiger partial charge in [0.2, 0.25) is 0 Å². The highest BCUT2D eigenvalue weighted by atomic mass is 16.6. The number of amides is 1. The molecule has 1 N–H and O–H groups in total. The molecule has 2 atom stereocenters. The fourth-order valence-electron chi connectivity index (χ4n) is 5.82. The first kappa shape index (κ1) is 21.3. The molecule has 3 aliphatic heterocycles. The number of hydrogen-bond acceptors (Lipinski definition) is 4. The van der Waals surface area contributed by atoms with Crippen molar-refractivity contribution in [2.24, 2.45) is 11.3 Å². The second kappa shape index (κ2) is 8.43. The van der Waals surface area contributed by atoms with Crippen LogP contribution in [0.2, 0.25) is 0 Å². The zero-order valence-corrected chi connectivity index (χ0v) is 19.4. The molecule has 2 aromatic rings. The van der Waals surface area contributed by atoms with Crippen molar-refractivity contribution < 1.29 is 14.3 Å². The van der Waals surface area contributed by atoms with Gasteiger partial charge in [0.05, 0.1) is 12.6 Å². The monoisotopic (exact) mass is 434 g/mol. The van der Waals surface area contributed by atoms with Crippen LogP contribution >= 0.6 is 0 Å². The first-order valence-electron chi connectivity index (χ1n) is 12.0. The molecule has 1 amide bonds. The predicted octanol–water partition coefficient (Wildman–Crippen LogP) is 5.20. The van der Waals surface area contributed by atoms with E-state index in [0.29, 0.717) is 12.5 Å². The first-order chi connectivity index (χ1) is 15.4. The smallest absolute Gasteiger partial charge is 0.407 e. The van der Waals surface area contributed by atoms with Crippen molar-refractivity contribution in [3.63, 3.8) is 0 Å². The molecule has 3 heterocycles. The topological polar surface area (TPSA) is 50.8 Å². The lowest BCUT2D eigenvalue weighted by molar-refractivity contribution is -0.0348. The van der Waals surface area contributed by atoms with Crippen molar-refractivity contribution in [1.82, 2.24) is 10.2 Å². The SMILES string of the molecule is CCOc1ccccc1-c1ccc2c(c1)CC(C)(C)C2NC(=O)O[C@@H]1CN2CCC1CC2. The van der Waals surface area contributed by atoms with Gasteiger partial charge in [-0.05, 0) is 73.4 Å². The van der Waals surface area contributed by atoms with Gasteiger partial charge in [-0.2, -0.15) is 0 Å². The van der Waals surface area contributed by atoms with E-state index in [2.05, 4.69) is 48.3 Å². The number of hydrogen-bond donors (Lipinski definition) is 1. The molecule has 170 valence electrons. The van der Waals surface area contributed by atoms with Gasteiger partial charge in [0, 0.05) is 12.1 Å². The number of benzene rings is 2. The molecule has 0 spiro atoms. The van der Waals surface area contributed by atoms with E-state index in [1.807, 2.05) is 25.1 Å². The van der Waals surface area contributed by atoms with E-state index >= 15 is 0 Å². The molecule has 6 rings (SSSR count). The van der Waals surface area contributed by atoms with Crippen LogP contribution in [-0.4, -0.2) is 43.3 Å². The lowest BCUT2D eigenvalue weighted by Crippen LogP contribution is -2.53. The Balaban J connectivity index is 1.34. The van der Waals surface area contributed by atoms with Crippen molar-refractivity contribution in [3.05, 3.63) is 53.6 Å². The molecule has 2 bridgehead atoms. The number of nitrogens with one attached hydrogen (secondary N) is 1. The van der Waals surface area contributed by atoms with E-state index in [-0.39, 0.29) is 23.7 Å². The average Bonchev–Trinajstić information content (AvgIpc) is 3.04. The number of carbonyl (C=O) groups is 1. The van der Waals surface area contributed by atoms with Crippen LogP contribution in [0.4, 0.5) is 4.79 Å². The lowest BCUT2D eigenvalue weighted by atomic mass is 9.85. The number of ether oxygens (including phenoxy) is 2. The molecule has 0 aromatic heterocycles. The first-order valence-corrected chi connectivity index (χ1v) is 12.0. The Morgan fingerprint density at radius 2 is 1.94 bits per heavy atom. The van der Waals surface area contributed by atoms with Gasteiger partial charge in [-0.25, -0.2) is 4.79 Å². The van der Waals surface area contributed by atoms with Crippen molar-refractivity contribution in [2.75, 3.05) is 26.2 Å². The minimum atomic E-state index is -0.277. The summed E-state index contributed by atoms with van der Waals surface area (Å²) in [5.41, 5.74) is 4.66. The molecule has 3 saturated heterocycles. The van der Waals surface area contributed by atoms with Crippen LogP contribution < -0.4 is 10.1 Å². The summed E-state index contributed by atoms with van der Waals surface area (Å²) in [5, 5.41) is 3.22. The third kappa shape index (κ3) is 3.99. The van der Waals surface area contributed by atoms with Crippen LogP contribution in [0.15, 0.2) is 42.5 Å². The highest BCUT2D eigenvalue weighted by Crippen LogP contribution is 2.47. The maximum Gasteiger partial charge on any atom is 0.407 e. The number of carbonyl (C=O) groups excluding carboxylic acids is 1. The Morgan fingerprint density at radius 1 is 1.16 bits per heavy atom. The van der Waals surface area contributed by atoms with Gasteiger partial charge < -0.3 is 14.8 Å². The van der Waals surface area contributed by atoms with E-state index < -0.39 is 0 Å². The second-order valence-corrected chi connectivity index (χ2v) is 10.2. The quantitative estimate of drug-likeness (QED) is 0.703. The standard InChI is InChI=1S/C27H34N2O3/c1-4-31-23-8-6-5-7-21(23)19-9-10-22-20(15-19)16-27(2,3)25(22)28-26(30)32-24-17-29-13-11-18(24)12-14-29/h5-10,15,18,24-25H,4,11-14,16-17H2,1-3H3,(H,28,30)/t24-,25?/m1/s1. The third-order valence-electron chi connectivity index (χ3n) is 7.50. The molecule has 2 aromatic carbocycles. The van der Waals surface area contributed by atoms with E-state index in [9.17, 15) is 4.79 Å². The van der Waals surface area contributed by atoms with Gasteiger partial charge in [-0.15, -0.1) is 0 Å². The second-order valence-electron chi connectivity index (χ2n) is 10.2. The van der Waals surface area contributed by atoms with E-state index in [0.717, 1.165) is 55.8 Å². The Labute approximate surface area is 191 Å². The van der Waals surface area contributed by atoms with Gasteiger partial charge in [0.25, 0.3) is 0 Å². The van der Waals surface area contributed by atoms with Gasteiger partial charge in [0.1, 0.15) is 11.9 Å². The fraction of sp³-hybridized carbons (Fsp3) is 0.519. The summed E-state index contributed by atoms with van der Waals surface area (Å²) in [7, 11) is 0. The van der Waals surface area contributed by atoms with E-state index in [1.54, 1.807) is 0 Å². The molecule has 5 heteroatoms. The minimum absolute atomic E-state index is 0.0268. The van der Waals surface area contributed by atoms with Crippen LogP contribution in [-0.2, 0) is 11.2 Å². The summed E-state index contributed by atoms with van der Waals surface area (Å²) in [6, 6.07) is 14.7. The molecular formula is C27H34N2O3. The summed E-state index contributed by atoms with van der Waals surface area (Å²) in [6.07, 6.45) is 2.95.